The molecule has 1 heterocycles. The van der Waals surface area contributed by atoms with E-state index in [1.54, 1.807) is 13.1 Å². The number of carbonyl (C=O) groups is 1. The first-order valence-electron chi connectivity index (χ1n) is 10.2. The van der Waals surface area contributed by atoms with E-state index in [1.807, 2.05) is 18.4 Å². The minimum atomic E-state index is -3.59. The van der Waals surface area contributed by atoms with Crippen molar-refractivity contribution in [2.24, 2.45) is 4.99 Å². The van der Waals surface area contributed by atoms with Crippen molar-refractivity contribution >= 4 is 37.5 Å². The molecule has 0 saturated carbocycles. The van der Waals surface area contributed by atoms with Gasteiger partial charge in [0.15, 0.2) is 4.80 Å². The zero-order valence-electron chi connectivity index (χ0n) is 17.8. The van der Waals surface area contributed by atoms with E-state index < -0.39 is 15.9 Å². The number of rotatable bonds is 8. The monoisotopic (exact) mass is 463 g/mol. The minimum absolute atomic E-state index is 0.140. The van der Waals surface area contributed by atoms with Crippen LogP contribution in [0.4, 0.5) is 4.39 Å². The Bertz CT molecular complexity index is 1250. The molecule has 0 spiro atoms. The number of unbranched alkanes of at least 4 members (excludes halogenated alkanes) is 1. The van der Waals surface area contributed by atoms with Gasteiger partial charge in [0.1, 0.15) is 5.82 Å². The molecular formula is C22H26FN3O3S2. The molecule has 0 unspecified atom stereocenters. The molecule has 31 heavy (non-hydrogen) atoms. The summed E-state index contributed by atoms with van der Waals surface area (Å²) < 4.78 is 42.8. The average Bonchev–Trinajstić information content (AvgIpc) is 3.08. The van der Waals surface area contributed by atoms with E-state index in [9.17, 15) is 17.6 Å². The van der Waals surface area contributed by atoms with Gasteiger partial charge in [-0.3, -0.25) is 4.79 Å². The van der Waals surface area contributed by atoms with E-state index in [2.05, 4.69) is 4.99 Å². The van der Waals surface area contributed by atoms with Crippen LogP contribution in [0.25, 0.3) is 10.2 Å². The molecule has 3 rings (SSSR count). The molecule has 0 N–H and O–H groups in total. The molecule has 1 amide bonds. The second-order valence-electron chi connectivity index (χ2n) is 7.27. The maximum Gasteiger partial charge on any atom is 0.279 e. The Morgan fingerprint density at radius 3 is 2.48 bits per heavy atom. The molecular weight excluding hydrogens is 437 g/mol. The highest BCUT2D eigenvalue weighted by molar-refractivity contribution is 7.89. The van der Waals surface area contributed by atoms with Gasteiger partial charge in [0.2, 0.25) is 10.0 Å². The minimum Gasteiger partial charge on any atom is -0.316 e. The Hall–Kier alpha value is -2.36. The van der Waals surface area contributed by atoms with Crippen LogP contribution in [0.15, 0.2) is 52.4 Å². The number of fused-ring (bicyclic) bond motifs is 1. The lowest BCUT2D eigenvalue weighted by atomic mass is 10.2. The van der Waals surface area contributed by atoms with Gasteiger partial charge in [-0.15, -0.1) is 0 Å². The second-order valence-corrected chi connectivity index (χ2v) is 10.3. The lowest BCUT2D eigenvalue weighted by Gasteiger charge is -2.16. The van der Waals surface area contributed by atoms with Gasteiger partial charge >= 0.3 is 0 Å². The molecule has 0 fully saturated rings. The molecule has 0 atom stereocenters. The summed E-state index contributed by atoms with van der Waals surface area (Å²) in [7, 11) is -2.04. The summed E-state index contributed by atoms with van der Waals surface area (Å²) in [6, 6.07) is 10.3. The number of hydrogen-bond acceptors (Lipinski definition) is 4. The van der Waals surface area contributed by atoms with Gasteiger partial charge in [0.25, 0.3) is 5.91 Å². The van der Waals surface area contributed by atoms with Gasteiger partial charge in [-0.2, -0.15) is 4.99 Å². The molecule has 3 aromatic rings. The van der Waals surface area contributed by atoms with Crippen LogP contribution in [-0.4, -0.2) is 36.8 Å². The number of benzene rings is 2. The summed E-state index contributed by atoms with van der Waals surface area (Å²) in [6.07, 6.45) is 2.52. The number of halogens is 1. The fourth-order valence-electron chi connectivity index (χ4n) is 3.17. The predicted octanol–water partition coefficient (Wildman–Crippen LogP) is 4.41. The van der Waals surface area contributed by atoms with Gasteiger partial charge in [-0.05, 0) is 55.3 Å². The van der Waals surface area contributed by atoms with Crippen molar-refractivity contribution in [3.63, 3.8) is 0 Å². The summed E-state index contributed by atoms with van der Waals surface area (Å²) >= 11 is 1.25. The molecule has 0 aliphatic heterocycles. The average molecular weight is 464 g/mol. The van der Waals surface area contributed by atoms with Crippen LogP contribution in [0.3, 0.4) is 0 Å². The molecule has 0 aliphatic rings. The SMILES string of the molecule is CCCCN(C)S(=O)(=O)c1ccc(C(=O)N=c2sc3cc(F)ccc3n2CCC)cc1. The largest absolute Gasteiger partial charge is 0.316 e. The summed E-state index contributed by atoms with van der Waals surface area (Å²) in [5, 5.41) is 0. The van der Waals surface area contributed by atoms with E-state index in [0.29, 0.717) is 23.5 Å². The highest BCUT2D eigenvalue weighted by Gasteiger charge is 2.20. The third-order valence-electron chi connectivity index (χ3n) is 4.93. The van der Waals surface area contributed by atoms with Gasteiger partial charge in [0.05, 0.1) is 15.1 Å². The Kier molecular flexibility index (Phi) is 7.40. The van der Waals surface area contributed by atoms with E-state index >= 15 is 0 Å². The first-order chi connectivity index (χ1) is 14.8. The molecule has 0 aliphatic carbocycles. The quantitative estimate of drug-likeness (QED) is 0.497. The number of thiazole rings is 1. The van der Waals surface area contributed by atoms with E-state index in [1.165, 1.54) is 52.0 Å². The predicted molar refractivity (Wildman–Crippen MR) is 121 cm³/mol. The van der Waals surface area contributed by atoms with Crippen molar-refractivity contribution in [3.8, 4) is 0 Å². The molecule has 9 heteroatoms. The Morgan fingerprint density at radius 2 is 1.84 bits per heavy atom. The van der Waals surface area contributed by atoms with Crippen LogP contribution in [0.2, 0.25) is 0 Å². The third-order valence-corrected chi connectivity index (χ3v) is 7.84. The number of carbonyl (C=O) groups excluding carboxylic acids is 1. The summed E-state index contributed by atoms with van der Waals surface area (Å²) in [4.78, 5) is 17.6. The molecule has 166 valence electrons. The molecule has 1 aromatic heterocycles. The van der Waals surface area contributed by atoms with Crippen LogP contribution in [0.5, 0.6) is 0 Å². The van der Waals surface area contributed by atoms with Gasteiger partial charge in [-0.25, -0.2) is 17.1 Å². The topological polar surface area (TPSA) is 71.7 Å². The first kappa shape index (κ1) is 23.3. The molecule has 2 aromatic carbocycles. The van der Waals surface area contributed by atoms with Gasteiger partial charge < -0.3 is 4.57 Å². The Labute approximate surface area is 185 Å². The highest BCUT2D eigenvalue weighted by Crippen LogP contribution is 2.20. The molecule has 6 nitrogen and oxygen atoms in total. The van der Waals surface area contributed by atoms with Crippen LogP contribution in [0, 0.1) is 5.82 Å². The van der Waals surface area contributed by atoms with Gasteiger partial charge in [-0.1, -0.05) is 31.6 Å². The zero-order chi connectivity index (χ0) is 22.6. The Balaban J connectivity index is 1.92. The van der Waals surface area contributed by atoms with Crippen molar-refractivity contribution in [2.45, 2.75) is 44.6 Å². The summed E-state index contributed by atoms with van der Waals surface area (Å²) in [5.41, 5.74) is 1.12. The number of hydrogen-bond donors (Lipinski definition) is 0. The highest BCUT2D eigenvalue weighted by atomic mass is 32.2. The smallest absolute Gasteiger partial charge is 0.279 e. The maximum atomic E-state index is 13.6. The number of sulfonamides is 1. The Morgan fingerprint density at radius 1 is 1.13 bits per heavy atom. The molecule has 0 bridgehead atoms. The van der Waals surface area contributed by atoms with Crippen LogP contribution in [-0.2, 0) is 16.6 Å². The summed E-state index contributed by atoms with van der Waals surface area (Å²) in [6.45, 7) is 5.11. The van der Waals surface area contributed by atoms with Crippen LogP contribution in [0.1, 0.15) is 43.5 Å². The van der Waals surface area contributed by atoms with Crippen LogP contribution < -0.4 is 4.80 Å². The number of aromatic nitrogens is 1. The number of nitrogens with zero attached hydrogens (tertiary/aromatic N) is 3. The lowest BCUT2D eigenvalue weighted by molar-refractivity contribution is 0.0997. The number of aryl methyl sites for hydroxylation is 1. The van der Waals surface area contributed by atoms with Crippen molar-refractivity contribution in [2.75, 3.05) is 13.6 Å². The second kappa shape index (κ2) is 9.84. The fraction of sp³-hybridized carbons (Fsp3) is 0.364. The fourth-order valence-corrected chi connectivity index (χ4v) is 5.46. The molecule has 0 saturated heterocycles. The van der Waals surface area contributed by atoms with E-state index in [-0.39, 0.29) is 10.7 Å². The van der Waals surface area contributed by atoms with Crippen molar-refractivity contribution in [3.05, 3.63) is 58.6 Å². The first-order valence-corrected chi connectivity index (χ1v) is 12.5. The van der Waals surface area contributed by atoms with Gasteiger partial charge in [0, 0.05) is 25.7 Å². The molecule has 0 radical (unpaired) electrons. The standard InChI is InChI=1S/C22H26FN3O3S2/c1-4-6-14-25(3)31(28,29)18-10-7-16(8-11-18)21(27)24-22-26(13-5-2)19-12-9-17(23)15-20(19)30-22/h7-12,15H,4-6,13-14H2,1-3H3. The van der Waals surface area contributed by atoms with E-state index in [0.717, 1.165) is 29.5 Å². The number of amides is 1. The van der Waals surface area contributed by atoms with Crippen molar-refractivity contribution in [1.29, 1.82) is 0 Å². The normalized spacial score (nSPS) is 12.7. The van der Waals surface area contributed by atoms with Crippen LogP contribution >= 0.6 is 11.3 Å². The lowest BCUT2D eigenvalue weighted by Crippen LogP contribution is -2.27. The zero-order valence-corrected chi connectivity index (χ0v) is 19.5. The maximum absolute atomic E-state index is 13.6. The van der Waals surface area contributed by atoms with Crippen molar-refractivity contribution in [1.82, 2.24) is 8.87 Å². The van der Waals surface area contributed by atoms with E-state index in [4.69, 9.17) is 0 Å². The summed E-state index contributed by atoms with van der Waals surface area (Å²) in [5.74, 6) is -0.809. The third kappa shape index (κ3) is 5.11. The van der Waals surface area contributed by atoms with Crippen molar-refractivity contribution < 1.29 is 17.6 Å².